The van der Waals surface area contributed by atoms with Crippen LogP contribution in [-0.2, 0) is 9.53 Å². The number of carbonyl (C=O) groups excluding carboxylic acids is 1. The highest BCUT2D eigenvalue weighted by Gasteiger charge is 2.30. The lowest BCUT2D eigenvalue weighted by atomic mass is 10.6. The molecule has 13 heavy (non-hydrogen) atoms. The smallest absolute Gasteiger partial charge is 0.345 e. The molecule has 76 valence electrons. The van der Waals surface area contributed by atoms with Crippen LogP contribution in [0.4, 0.5) is 0 Å². The quantitative estimate of drug-likeness (QED) is 0.336. The van der Waals surface area contributed by atoms with Gasteiger partial charge in [-0.1, -0.05) is 6.58 Å². The van der Waals surface area contributed by atoms with E-state index in [1.54, 1.807) is 6.08 Å². The summed E-state index contributed by atoms with van der Waals surface area (Å²) in [6.45, 7) is 5.53. The molecule has 0 saturated heterocycles. The Kier molecular flexibility index (Phi) is 7.30. The first-order valence-electron chi connectivity index (χ1n) is 3.65. The van der Waals surface area contributed by atoms with Crippen molar-refractivity contribution in [1.82, 2.24) is 0 Å². The zero-order valence-electron chi connectivity index (χ0n) is 6.93. The van der Waals surface area contributed by atoms with E-state index in [-0.39, 0.29) is 5.97 Å². The molecule has 0 bridgehead atoms. The first kappa shape index (κ1) is 13.6. The summed E-state index contributed by atoms with van der Waals surface area (Å²) < 4.78 is 3.95. The molecule has 0 saturated carbocycles. The molecule has 0 atom stereocenters. The number of halogens is 3. The van der Waals surface area contributed by atoms with Crippen molar-refractivity contribution in [2.45, 2.75) is 2.14 Å². The molecule has 2 N–H and O–H groups in total. The summed E-state index contributed by atoms with van der Waals surface area (Å²) in [5, 5.41) is 2.00. The van der Waals surface area contributed by atoms with E-state index in [1.165, 1.54) is 0 Å². The van der Waals surface area contributed by atoms with Crippen LogP contribution in [0.2, 0.25) is 0 Å². The van der Waals surface area contributed by atoms with Crippen LogP contribution in [0.25, 0.3) is 0 Å². The lowest BCUT2D eigenvalue weighted by Crippen LogP contribution is -2.84. The summed E-state index contributed by atoms with van der Waals surface area (Å²) in [6, 6.07) is 0. The standard InChI is InChI=1S/C7H10Br3NO2/c1-2-3-11-4-5-13-6(12)7(8,9)10/h2,11H,1,3-5H2/p+1. The van der Waals surface area contributed by atoms with Crippen LogP contribution in [-0.4, -0.2) is 27.8 Å². The van der Waals surface area contributed by atoms with Crippen LogP contribution < -0.4 is 5.32 Å². The van der Waals surface area contributed by atoms with E-state index in [0.29, 0.717) is 6.61 Å². The van der Waals surface area contributed by atoms with Gasteiger partial charge in [0.1, 0.15) is 13.2 Å². The lowest BCUT2D eigenvalue weighted by molar-refractivity contribution is -0.646. The number of nitrogens with two attached hydrogens (primary N) is 1. The van der Waals surface area contributed by atoms with E-state index in [4.69, 9.17) is 4.74 Å². The fourth-order valence-electron chi connectivity index (χ4n) is 0.552. The Morgan fingerprint density at radius 2 is 2.15 bits per heavy atom. The third-order valence-electron chi connectivity index (χ3n) is 1.12. The van der Waals surface area contributed by atoms with E-state index in [2.05, 4.69) is 54.4 Å². The largest absolute Gasteiger partial charge is 0.457 e. The number of carbonyl (C=O) groups is 1. The minimum Gasteiger partial charge on any atom is -0.457 e. The molecule has 0 aromatic carbocycles. The van der Waals surface area contributed by atoms with E-state index >= 15 is 0 Å². The summed E-state index contributed by atoms with van der Waals surface area (Å²) in [5.74, 6) is -0.389. The molecule has 0 aromatic rings. The molecular weight excluding hydrogens is 370 g/mol. The molecule has 0 unspecified atom stereocenters. The average molecular weight is 381 g/mol. The number of hydrogen-bond acceptors (Lipinski definition) is 2. The van der Waals surface area contributed by atoms with Gasteiger partial charge in [0.25, 0.3) is 0 Å². The van der Waals surface area contributed by atoms with Gasteiger partial charge in [0.2, 0.25) is 2.14 Å². The molecule has 0 aliphatic rings. The van der Waals surface area contributed by atoms with Crippen LogP contribution in [0.3, 0.4) is 0 Å². The lowest BCUT2D eigenvalue weighted by Gasteiger charge is -2.10. The number of esters is 1. The molecule has 0 heterocycles. The Morgan fingerprint density at radius 1 is 1.54 bits per heavy atom. The molecule has 0 aliphatic heterocycles. The number of ether oxygens (including phenoxy) is 1. The van der Waals surface area contributed by atoms with Crippen molar-refractivity contribution < 1.29 is 14.8 Å². The highest BCUT2D eigenvalue weighted by atomic mass is 80.0. The van der Waals surface area contributed by atoms with Crippen LogP contribution >= 0.6 is 47.8 Å². The van der Waals surface area contributed by atoms with Crippen LogP contribution in [0.15, 0.2) is 12.7 Å². The number of rotatable bonds is 5. The van der Waals surface area contributed by atoms with Crippen molar-refractivity contribution in [1.29, 1.82) is 0 Å². The Hall–Kier alpha value is 0.610. The van der Waals surface area contributed by atoms with Gasteiger partial charge < -0.3 is 10.1 Å². The van der Waals surface area contributed by atoms with Crippen LogP contribution in [0.1, 0.15) is 0 Å². The third kappa shape index (κ3) is 7.66. The highest BCUT2D eigenvalue weighted by Crippen LogP contribution is 2.34. The summed E-state index contributed by atoms with van der Waals surface area (Å²) in [6.07, 6.45) is 1.80. The second-order valence-corrected chi connectivity index (χ2v) is 9.00. The maximum absolute atomic E-state index is 11.1. The van der Waals surface area contributed by atoms with E-state index in [0.717, 1.165) is 13.1 Å². The predicted octanol–water partition coefficient (Wildman–Crippen LogP) is 1.12. The molecule has 0 aromatic heterocycles. The normalized spacial score (nSPS) is 11.0. The van der Waals surface area contributed by atoms with E-state index < -0.39 is 2.14 Å². The van der Waals surface area contributed by atoms with Crippen molar-refractivity contribution in [3.63, 3.8) is 0 Å². The fourth-order valence-corrected chi connectivity index (χ4v) is 0.896. The summed E-state index contributed by atoms with van der Waals surface area (Å²) in [7, 11) is 0. The molecule has 0 amide bonds. The molecule has 0 fully saturated rings. The molecule has 0 rings (SSSR count). The molecule has 3 nitrogen and oxygen atoms in total. The number of alkyl halides is 3. The van der Waals surface area contributed by atoms with Gasteiger partial charge in [0, 0.05) is 0 Å². The number of hydrogen-bond donors (Lipinski definition) is 1. The summed E-state index contributed by atoms with van der Waals surface area (Å²) >= 11 is 9.18. The van der Waals surface area contributed by atoms with Gasteiger partial charge in [-0.25, -0.2) is 4.79 Å². The van der Waals surface area contributed by atoms with Gasteiger partial charge in [-0.2, -0.15) is 0 Å². The van der Waals surface area contributed by atoms with Gasteiger partial charge in [0.05, 0.1) is 6.54 Å². The molecule has 0 spiro atoms. The Balaban J connectivity index is 3.43. The van der Waals surface area contributed by atoms with Gasteiger partial charge in [-0.3, -0.25) is 0 Å². The topological polar surface area (TPSA) is 42.9 Å². The van der Waals surface area contributed by atoms with Gasteiger partial charge >= 0.3 is 5.97 Å². The Labute approximate surface area is 103 Å². The summed E-state index contributed by atoms with van der Waals surface area (Å²) in [4.78, 5) is 11.1. The SMILES string of the molecule is C=CC[NH2+]CCOC(=O)C(Br)(Br)Br. The van der Waals surface area contributed by atoms with Gasteiger partial charge in [-0.05, 0) is 53.9 Å². The van der Waals surface area contributed by atoms with Gasteiger partial charge in [-0.15, -0.1) is 0 Å². The average Bonchev–Trinajstić information content (AvgIpc) is 2.02. The molecule has 6 heteroatoms. The van der Waals surface area contributed by atoms with Crippen molar-refractivity contribution in [2.24, 2.45) is 0 Å². The number of quaternary nitrogens is 1. The van der Waals surface area contributed by atoms with Crippen LogP contribution in [0.5, 0.6) is 0 Å². The van der Waals surface area contributed by atoms with Crippen molar-refractivity contribution in [3.05, 3.63) is 12.7 Å². The fraction of sp³-hybridized carbons (Fsp3) is 0.571. The van der Waals surface area contributed by atoms with Crippen molar-refractivity contribution in [3.8, 4) is 0 Å². The molecule has 0 aliphatic carbocycles. The second-order valence-electron chi connectivity index (χ2n) is 2.24. The minimum atomic E-state index is -0.953. The van der Waals surface area contributed by atoms with E-state index in [1.807, 2.05) is 5.32 Å². The predicted molar refractivity (Wildman–Crippen MR) is 62.3 cm³/mol. The monoisotopic (exact) mass is 378 g/mol. The molecular formula is C7H11Br3NO2+. The first-order chi connectivity index (χ1) is 5.98. The zero-order valence-corrected chi connectivity index (χ0v) is 11.7. The second kappa shape index (κ2) is 6.98. The minimum absolute atomic E-state index is 0.386. The highest BCUT2D eigenvalue weighted by molar-refractivity contribution is 9.40. The Morgan fingerprint density at radius 3 is 2.62 bits per heavy atom. The van der Waals surface area contributed by atoms with Crippen molar-refractivity contribution >= 4 is 53.8 Å². The Bertz CT molecular complexity index is 179. The van der Waals surface area contributed by atoms with Crippen molar-refractivity contribution in [2.75, 3.05) is 19.7 Å². The maximum Gasteiger partial charge on any atom is 0.345 e. The summed E-state index contributed by atoms with van der Waals surface area (Å²) in [5.41, 5.74) is 0. The first-order valence-corrected chi connectivity index (χ1v) is 6.03. The van der Waals surface area contributed by atoms with E-state index in [9.17, 15) is 4.79 Å². The van der Waals surface area contributed by atoms with Crippen LogP contribution in [0, 0.1) is 0 Å². The maximum atomic E-state index is 11.1. The zero-order chi connectivity index (χ0) is 10.3. The third-order valence-corrected chi connectivity index (χ3v) is 2.09. The molecule has 0 radical (unpaired) electrons. The van der Waals surface area contributed by atoms with Gasteiger partial charge in [0.15, 0.2) is 0 Å².